The molecule has 4 nitrogen and oxygen atoms in total. The molecule has 1 unspecified atom stereocenters. The second-order valence-electron chi connectivity index (χ2n) is 3.06. The van der Waals surface area contributed by atoms with Gasteiger partial charge in [0, 0.05) is 24.9 Å². The Morgan fingerprint density at radius 1 is 1.53 bits per heavy atom. The first kappa shape index (κ1) is 11.7. The first-order valence-corrected chi connectivity index (χ1v) is 4.77. The van der Waals surface area contributed by atoms with Gasteiger partial charge >= 0.3 is 5.97 Å². The lowest BCUT2D eigenvalue weighted by Gasteiger charge is -2.14. The predicted molar refractivity (Wildman–Crippen MR) is 57.5 cm³/mol. The third kappa shape index (κ3) is 3.06. The van der Waals surface area contributed by atoms with Gasteiger partial charge < -0.3 is 4.74 Å². The molecule has 0 aliphatic rings. The average Bonchev–Trinajstić information content (AvgIpc) is 2.15. The van der Waals surface area contributed by atoms with Crippen LogP contribution >= 0.6 is 12.6 Å². The maximum atomic E-state index is 11.2. The normalized spacial score (nSPS) is 11.9. The maximum absolute atomic E-state index is 11.2. The largest absolute Gasteiger partial charge is 0.449 e. The van der Waals surface area contributed by atoms with E-state index in [0.29, 0.717) is 5.56 Å². The summed E-state index contributed by atoms with van der Waals surface area (Å²) in [6, 6.07) is 1.74. The van der Waals surface area contributed by atoms with E-state index < -0.39 is 17.2 Å². The van der Waals surface area contributed by atoms with Crippen LogP contribution in [0.1, 0.15) is 24.2 Å². The molecule has 0 radical (unpaired) electrons. The molecule has 0 spiro atoms. The van der Waals surface area contributed by atoms with E-state index in [1.165, 1.54) is 13.1 Å². The molecule has 0 bridgehead atoms. The summed E-state index contributed by atoms with van der Waals surface area (Å²) < 4.78 is 4.87. The van der Waals surface area contributed by atoms with Crippen molar-refractivity contribution in [2.45, 2.75) is 20.0 Å². The van der Waals surface area contributed by atoms with Gasteiger partial charge in [0.25, 0.3) is 0 Å². The third-order valence-corrected chi connectivity index (χ3v) is 2.10. The average molecular weight is 225 g/mol. The van der Waals surface area contributed by atoms with Crippen LogP contribution < -0.4 is 0 Å². The van der Waals surface area contributed by atoms with Crippen LogP contribution in [0.15, 0.2) is 18.5 Å². The van der Waals surface area contributed by atoms with Gasteiger partial charge in [-0.05, 0) is 18.6 Å². The molecule has 0 fully saturated rings. The Balaban J connectivity index is 3.04. The fourth-order valence-corrected chi connectivity index (χ4v) is 1.36. The van der Waals surface area contributed by atoms with E-state index in [1.54, 1.807) is 12.3 Å². The van der Waals surface area contributed by atoms with Crippen LogP contribution in [0.5, 0.6) is 0 Å². The number of carbonyl (C=O) groups excluding carboxylic acids is 2. The van der Waals surface area contributed by atoms with Crippen LogP contribution in [0.25, 0.3) is 0 Å². The van der Waals surface area contributed by atoms with Crippen molar-refractivity contribution in [2.24, 2.45) is 0 Å². The quantitative estimate of drug-likeness (QED) is 0.625. The SMILES string of the molecule is CC(=O)OC(C(=O)S)c1cnccc1C. The molecule has 1 atom stereocenters. The van der Waals surface area contributed by atoms with Crippen molar-refractivity contribution >= 4 is 23.7 Å². The number of hydrogen-bond acceptors (Lipinski definition) is 4. The number of aromatic nitrogens is 1. The van der Waals surface area contributed by atoms with Crippen molar-refractivity contribution in [1.82, 2.24) is 4.98 Å². The van der Waals surface area contributed by atoms with Crippen LogP contribution in [0.3, 0.4) is 0 Å². The lowest BCUT2D eigenvalue weighted by Crippen LogP contribution is -2.15. The molecule has 1 aromatic rings. The van der Waals surface area contributed by atoms with Crippen molar-refractivity contribution in [3.05, 3.63) is 29.6 Å². The first-order valence-electron chi connectivity index (χ1n) is 4.33. The topological polar surface area (TPSA) is 56.3 Å². The van der Waals surface area contributed by atoms with E-state index in [0.717, 1.165) is 5.56 Å². The molecule has 0 amide bonds. The van der Waals surface area contributed by atoms with Gasteiger partial charge in [-0.1, -0.05) is 0 Å². The minimum atomic E-state index is -0.973. The number of aryl methyl sites for hydroxylation is 1. The Labute approximate surface area is 93.1 Å². The zero-order valence-electron chi connectivity index (χ0n) is 8.43. The molecule has 1 rings (SSSR count). The Bertz CT molecular complexity index is 392. The second kappa shape index (κ2) is 4.93. The first-order chi connectivity index (χ1) is 7.02. The lowest BCUT2D eigenvalue weighted by molar-refractivity contribution is -0.150. The van der Waals surface area contributed by atoms with Crippen LogP contribution in [0.2, 0.25) is 0 Å². The summed E-state index contributed by atoms with van der Waals surface area (Å²) >= 11 is 3.68. The Morgan fingerprint density at radius 2 is 2.20 bits per heavy atom. The molecule has 15 heavy (non-hydrogen) atoms. The van der Waals surface area contributed by atoms with Gasteiger partial charge in [0.1, 0.15) is 0 Å². The number of thiol groups is 1. The van der Waals surface area contributed by atoms with E-state index in [-0.39, 0.29) is 0 Å². The van der Waals surface area contributed by atoms with Crippen LogP contribution in [0, 0.1) is 6.92 Å². The summed E-state index contributed by atoms with van der Waals surface area (Å²) in [5, 5.41) is -0.513. The van der Waals surface area contributed by atoms with Gasteiger partial charge in [0.15, 0.2) is 6.10 Å². The van der Waals surface area contributed by atoms with Gasteiger partial charge in [0.2, 0.25) is 5.12 Å². The molecule has 0 aliphatic carbocycles. The van der Waals surface area contributed by atoms with Gasteiger partial charge in [0.05, 0.1) is 0 Å². The fourth-order valence-electron chi connectivity index (χ4n) is 1.16. The summed E-state index contributed by atoms with van der Waals surface area (Å²) in [5.41, 5.74) is 1.39. The third-order valence-electron chi connectivity index (χ3n) is 1.87. The summed E-state index contributed by atoms with van der Waals surface area (Å²) in [4.78, 5) is 25.9. The number of carbonyl (C=O) groups is 2. The minimum Gasteiger partial charge on any atom is -0.449 e. The van der Waals surface area contributed by atoms with Gasteiger partial charge in [-0.25, -0.2) is 0 Å². The summed E-state index contributed by atoms with van der Waals surface area (Å²) in [6.45, 7) is 3.06. The minimum absolute atomic E-state index is 0.513. The van der Waals surface area contributed by atoms with Crippen molar-refractivity contribution in [2.75, 3.05) is 0 Å². The van der Waals surface area contributed by atoms with Gasteiger partial charge in [-0.2, -0.15) is 0 Å². The lowest BCUT2D eigenvalue weighted by atomic mass is 10.1. The molecular weight excluding hydrogens is 214 g/mol. The van der Waals surface area contributed by atoms with E-state index in [2.05, 4.69) is 17.6 Å². The number of esters is 1. The maximum Gasteiger partial charge on any atom is 0.303 e. The van der Waals surface area contributed by atoms with Gasteiger partial charge in [-0.3, -0.25) is 14.6 Å². The molecule has 0 aromatic carbocycles. The van der Waals surface area contributed by atoms with Crippen LogP contribution in [-0.2, 0) is 14.3 Å². The number of pyridine rings is 1. The Kier molecular flexibility index (Phi) is 3.85. The zero-order valence-corrected chi connectivity index (χ0v) is 9.32. The highest BCUT2D eigenvalue weighted by molar-refractivity contribution is 7.96. The molecule has 0 saturated heterocycles. The fraction of sp³-hybridized carbons (Fsp3) is 0.300. The Morgan fingerprint density at radius 3 is 2.67 bits per heavy atom. The number of rotatable bonds is 3. The van der Waals surface area contributed by atoms with Crippen molar-refractivity contribution in [3.8, 4) is 0 Å². The molecule has 80 valence electrons. The summed E-state index contributed by atoms with van der Waals surface area (Å²) in [6.07, 6.45) is 2.13. The second-order valence-corrected chi connectivity index (χ2v) is 3.50. The smallest absolute Gasteiger partial charge is 0.303 e. The predicted octanol–water partition coefficient (Wildman–Crippen LogP) is 1.45. The standard InChI is InChI=1S/C10H11NO3S/c1-6-3-4-11-5-8(6)9(10(13)15)14-7(2)12/h3-5,9H,1-2H3,(H,13,15). The van der Waals surface area contributed by atoms with Crippen molar-refractivity contribution in [1.29, 1.82) is 0 Å². The number of nitrogens with zero attached hydrogens (tertiary/aromatic N) is 1. The highest BCUT2D eigenvalue weighted by Crippen LogP contribution is 2.22. The molecule has 1 heterocycles. The van der Waals surface area contributed by atoms with Crippen molar-refractivity contribution in [3.63, 3.8) is 0 Å². The molecule has 0 N–H and O–H groups in total. The highest BCUT2D eigenvalue weighted by atomic mass is 32.1. The van der Waals surface area contributed by atoms with Crippen LogP contribution in [0.4, 0.5) is 0 Å². The zero-order chi connectivity index (χ0) is 11.4. The monoisotopic (exact) mass is 225 g/mol. The molecule has 1 aromatic heterocycles. The summed E-state index contributed by atoms with van der Waals surface area (Å²) in [7, 11) is 0. The summed E-state index contributed by atoms with van der Waals surface area (Å²) in [5.74, 6) is -0.523. The number of hydrogen-bond donors (Lipinski definition) is 1. The van der Waals surface area contributed by atoms with Crippen molar-refractivity contribution < 1.29 is 14.3 Å². The van der Waals surface area contributed by atoms with Crippen LogP contribution in [-0.4, -0.2) is 16.1 Å². The number of ether oxygens (including phenoxy) is 1. The van der Waals surface area contributed by atoms with E-state index >= 15 is 0 Å². The van der Waals surface area contributed by atoms with E-state index in [9.17, 15) is 9.59 Å². The molecule has 5 heteroatoms. The van der Waals surface area contributed by atoms with E-state index in [1.807, 2.05) is 6.92 Å². The van der Waals surface area contributed by atoms with E-state index in [4.69, 9.17) is 4.74 Å². The highest BCUT2D eigenvalue weighted by Gasteiger charge is 2.22. The van der Waals surface area contributed by atoms with Gasteiger partial charge in [-0.15, -0.1) is 12.6 Å². The molecular formula is C10H11NO3S. The molecule has 0 aliphatic heterocycles. The Hall–Kier alpha value is -1.36. The molecule has 0 saturated carbocycles.